The smallest absolute Gasteiger partial charge is 0.225 e. The molecule has 1 unspecified atom stereocenters. The molecule has 0 spiro atoms. The monoisotopic (exact) mass is 291 g/mol. The number of pyridine rings is 1. The fourth-order valence-corrected chi connectivity index (χ4v) is 2.37. The molecule has 0 saturated carbocycles. The minimum Gasteiger partial charge on any atom is -0.327 e. The van der Waals surface area contributed by atoms with Crippen LogP contribution >= 0.6 is 11.6 Å². The Balaban J connectivity index is 2.18. The minimum absolute atomic E-state index is 0.0970. The molecule has 0 aliphatic rings. The van der Waals surface area contributed by atoms with E-state index in [9.17, 15) is 4.79 Å². The van der Waals surface area contributed by atoms with Crippen LogP contribution in [0.1, 0.15) is 26.2 Å². The topological polar surface area (TPSA) is 68.0 Å². The Morgan fingerprint density at radius 1 is 1.45 bits per heavy atom. The molecule has 0 aliphatic heterocycles. The van der Waals surface area contributed by atoms with Crippen molar-refractivity contribution in [1.29, 1.82) is 0 Å². The molecule has 1 aromatic carbocycles. The van der Waals surface area contributed by atoms with Crippen LogP contribution in [0.4, 0.5) is 5.69 Å². The molecule has 0 radical (unpaired) electrons. The van der Waals surface area contributed by atoms with E-state index in [0.29, 0.717) is 22.6 Å². The highest BCUT2D eigenvalue weighted by Crippen LogP contribution is 2.28. The number of carbonyl (C=O) groups is 1. The van der Waals surface area contributed by atoms with Gasteiger partial charge in [0.15, 0.2) is 0 Å². The van der Waals surface area contributed by atoms with Crippen LogP contribution in [0, 0.1) is 0 Å². The number of nitrogens with one attached hydrogen (secondary N) is 1. The highest BCUT2D eigenvalue weighted by molar-refractivity contribution is 6.35. The minimum atomic E-state index is -0.105. The zero-order valence-electron chi connectivity index (χ0n) is 11.4. The lowest BCUT2D eigenvalue weighted by Crippen LogP contribution is -2.26. The molecule has 0 aliphatic carbocycles. The highest BCUT2D eigenvalue weighted by atomic mass is 35.5. The van der Waals surface area contributed by atoms with Crippen molar-refractivity contribution in [1.82, 2.24) is 4.98 Å². The van der Waals surface area contributed by atoms with Gasteiger partial charge in [0.05, 0.1) is 16.2 Å². The quantitative estimate of drug-likeness (QED) is 0.888. The van der Waals surface area contributed by atoms with E-state index in [1.165, 1.54) is 0 Å². The van der Waals surface area contributed by atoms with E-state index < -0.39 is 0 Å². The van der Waals surface area contributed by atoms with E-state index in [1.807, 2.05) is 19.1 Å². The molecule has 2 rings (SSSR count). The van der Waals surface area contributed by atoms with Crippen molar-refractivity contribution in [3.05, 3.63) is 35.5 Å². The van der Waals surface area contributed by atoms with Crippen LogP contribution in [0.2, 0.25) is 5.02 Å². The van der Waals surface area contributed by atoms with Crippen molar-refractivity contribution in [2.75, 3.05) is 5.32 Å². The van der Waals surface area contributed by atoms with Crippen LogP contribution in [-0.4, -0.2) is 16.9 Å². The summed E-state index contributed by atoms with van der Waals surface area (Å²) in [5, 5.41) is 4.30. The van der Waals surface area contributed by atoms with Crippen molar-refractivity contribution >= 4 is 34.1 Å². The maximum Gasteiger partial charge on any atom is 0.225 e. The van der Waals surface area contributed by atoms with E-state index in [1.54, 1.807) is 18.3 Å². The predicted octanol–water partition coefficient (Wildman–Crippen LogP) is 3.34. The maximum atomic E-state index is 12.0. The fraction of sp³-hybridized carbons (Fsp3) is 0.333. The van der Waals surface area contributed by atoms with Crippen molar-refractivity contribution in [2.24, 2.45) is 5.73 Å². The van der Waals surface area contributed by atoms with Crippen LogP contribution in [-0.2, 0) is 4.79 Å². The number of halogens is 1. The lowest BCUT2D eigenvalue weighted by atomic mass is 10.1. The zero-order chi connectivity index (χ0) is 14.5. The first-order valence-corrected chi connectivity index (χ1v) is 7.08. The van der Waals surface area contributed by atoms with Gasteiger partial charge in [-0.25, -0.2) is 0 Å². The highest BCUT2D eigenvalue weighted by Gasteiger charge is 2.12. The number of nitrogens with two attached hydrogens (primary N) is 1. The van der Waals surface area contributed by atoms with Gasteiger partial charge in [-0.05, 0) is 30.7 Å². The molecule has 5 heteroatoms. The third-order valence-corrected chi connectivity index (χ3v) is 3.43. The van der Waals surface area contributed by atoms with Crippen LogP contribution < -0.4 is 11.1 Å². The number of hydrogen-bond acceptors (Lipinski definition) is 3. The van der Waals surface area contributed by atoms with Gasteiger partial charge >= 0.3 is 0 Å². The van der Waals surface area contributed by atoms with Gasteiger partial charge in [-0.2, -0.15) is 0 Å². The molecule has 2 aromatic rings. The largest absolute Gasteiger partial charge is 0.327 e. The first kappa shape index (κ1) is 14.8. The van der Waals surface area contributed by atoms with Crippen LogP contribution in [0.5, 0.6) is 0 Å². The molecule has 0 bridgehead atoms. The Labute approximate surface area is 123 Å². The molecule has 106 valence electrons. The summed E-state index contributed by atoms with van der Waals surface area (Å²) in [4.78, 5) is 16.3. The molecule has 1 amide bonds. The number of benzene rings is 1. The van der Waals surface area contributed by atoms with Crippen LogP contribution in [0.15, 0.2) is 30.5 Å². The normalized spacial score (nSPS) is 12.3. The number of anilines is 1. The molecular weight excluding hydrogens is 274 g/mol. The Kier molecular flexibility index (Phi) is 4.93. The van der Waals surface area contributed by atoms with E-state index in [0.717, 1.165) is 18.2 Å². The number of amides is 1. The summed E-state index contributed by atoms with van der Waals surface area (Å²) in [6.07, 6.45) is 3.80. The average molecular weight is 292 g/mol. The zero-order valence-corrected chi connectivity index (χ0v) is 12.2. The van der Waals surface area contributed by atoms with Crippen LogP contribution in [0.25, 0.3) is 10.9 Å². The standard InChI is InChI=1S/C15H18ClN3O/c1-2-4-10(17)9-14(20)19-13-7-6-12(16)11-5-3-8-18-15(11)13/h3,5-8,10H,2,4,9,17H2,1H3,(H,19,20). The number of nitrogens with zero attached hydrogens (tertiary/aromatic N) is 1. The number of carbonyl (C=O) groups excluding carboxylic acids is 1. The fourth-order valence-electron chi connectivity index (χ4n) is 2.15. The number of rotatable bonds is 5. The molecule has 3 N–H and O–H groups in total. The third-order valence-electron chi connectivity index (χ3n) is 3.10. The van der Waals surface area contributed by atoms with Gasteiger partial charge in [0, 0.05) is 24.0 Å². The summed E-state index contributed by atoms with van der Waals surface area (Å²) in [5.74, 6) is -0.0970. The van der Waals surface area contributed by atoms with Crippen molar-refractivity contribution in [3.8, 4) is 0 Å². The van der Waals surface area contributed by atoms with E-state index in [-0.39, 0.29) is 11.9 Å². The Morgan fingerprint density at radius 3 is 3.00 bits per heavy atom. The van der Waals surface area contributed by atoms with Gasteiger partial charge in [0.25, 0.3) is 0 Å². The molecule has 1 aromatic heterocycles. The molecule has 1 atom stereocenters. The van der Waals surface area contributed by atoms with Crippen LogP contribution in [0.3, 0.4) is 0 Å². The van der Waals surface area contributed by atoms with Crippen molar-refractivity contribution < 1.29 is 4.79 Å². The first-order valence-electron chi connectivity index (χ1n) is 6.70. The summed E-state index contributed by atoms with van der Waals surface area (Å²) in [7, 11) is 0. The lowest BCUT2D eigenvalue weighted by molar-refractivity contribution is -0.116. The second-order valence-corrected chi connectivity index (χ2v) is 5.20. The number of hydrogen-bond donors (Lipinski definition) is 2. The van der Waals surface area contributed by atoms with Crippen molar-refractivity contribution in [3.63, 3.8) is 0 Å². The van der Waals surface area contributed by atoms with Crippen molar-refractivity contribution in [2.45, 2.75) is 32.2 Å². The Hall–Kier alpha value is -1.65. The van der Waals surface area contributed by atoms with Gasteiger partial charge in [-0.3, -0.25) is 9.78 Å². The van der Waals surface area contributed by atoms with Gasteiger partial charge < -0.3 is 11.1 Å². The van der Waals surface area contributed by atoms with Gasteiger partial charge in [0.2, 0.25) is 5.91 Å². The molecular formula is C15H18ClN3O. The molecule has 0 saturated heterocycles. The number of fused-ring (bicyclic) bond motifs is 1. The molecule has 20 heavy (non-hydrogen) atoms. The lowest BCUT2D eigenvalue weighted by Gasteiger charge is -2.12. The second kappa shape index (κ2) is 6.68. The van der Waals surface area contributed by atoms with E-state index >= 15 is 0 Å². The van der Waals surface area contributed by atoms with Gasteiger partial charge in [-0.1, -0.05) is 24.9 Å². The summed E-state index contributed by atoms with van der Waals surface area (Å²) in [6, 6.07) is 7.11. The Morgan fingerprint density at radius 2 is 2.25 bits per heavy atom. The predicted molar refractivity (Wildman–Crippen MR) is 82.9 cm³/mol. The second-order valence-electron chi connectivity index (χ2n) is 4.80. The summed E-state index contributed by atoms with van der Waals surface area (Å²) >= 11 is 6.12. The molecule has 1 heterocycles. The average Bonchev–Trinajstić information content (AvgIpc) is 2.42. The summed E-state index contributed by atoms with van der Waals surface area (Å²) < 4.78 is 0. The molecule has 4 nitrogen and oxygen atoms in total. The molecule has 0 fully saturated rings. The van der Waals surface area contributed by atoms with Gasteiger partial charge in [-0.15, -0.1) is 0 Å². The SMILES string of the molecule is CCCC(N)CC(=O)Nc1ccc(Cl)c2cccnc12. The maximum absolute atomic E-state index is 12.0. The van der Waals surface area contributed by atoms with Gasteiger partial charge in [0.1, 0.15) is 0 Å². The summed E-state index contributed by atoms with van der Waals surface area (Å²) in [5.41, 5.74) is 7.24. The van der Waals surface area contributed by atoms with E-state index in [4.69, 9.17) is 17.3 Å². The third kappa shape index (κ3) is 3.46. The first-order chi connectivity index (χ1) is 9.61. The van der Waals surface area contributed by atoms with E-state index in [2.05, 4.69) is 10.3 Å². The number of aromatic nitrogens is 1. The Bertz CT molecular complexity index is 615. The summed E-state index contributed by atoms with van der Waals surface area (Å²) in [6.45, 7) is 2.05.